The van der Waals surface area contributed by atoms with Gasteiger partial charge in [-0.25, -0.2) is 0 Å². The van der Waals surface area contributed by atoms with E-state index in [4.69, 9.17) is 9.47 Å². The van der Waals surface area contributed by atoms with Crippen LogP contribution in [-0.2, 0) is 0 Å². The largest absolute Gasteiger partial charge is 0.497 e. The zero-order chi connectivity index (χ0) is 14.5. The Morgan fingerprint density at radius 1 is 1.10 bits per heavy atom. The predicted octanol–water partition coefficient (Wildman–Crippen LogP) is 3.48. The van der Waals surface area contributed by atoms with Gasteiger partial charge in [0.2, 0.25) is 0 Å². The number of ether oxygens (including phenoxy) is 2. The van der Waals surface area contributed by atoms with Gasteiger partial charge in [0.1, 0.15) is 17.6 Å². The van der Waals surface area contributed by atoms with Crippen molar-refractivity contribution in [3.63, 3.8) is 0 Å². The van der Waals surface area contributed by atoms with Crippen molar-refractivity contribution in [2.75, 3.05) is 13.7 Å². The van der Waals surface area contributed by atoms with Crippen LogP contribution in [0.25, 0.3) is 0 Å². The average Bonchev–Trinajstić information content (AvgIpc) is 2.47. The lowest BCUT2D eigenvalue weighted by molar-refractivity contribution is 0.218. The minimum absolute atomic E-state index is 0.612. The minimum atomic E-state index is -0.665. The van der Waals surface area contributed by atoms with Gasteiger partial charge in [-0.2, -0.15) is 0 Å². The number of aliphatic hydroxyl groups excluding tert-OH is 1. The standard InChI is InChI=1S/C17H20O3/c1-4-20-15-7-5-6-13(11-15)17(18)16-9-8-14(19-3)10-12(16)2/h5-11,17-18H,4H2,1-3H3. The summed E-state index contributed by atoms with van der Waals surface area (Å²) in [6, 6.07) is 13.2. The number of hydrogen-bond donors (Lipinski definition) is 1. The zero-order valence-electron chi connectivity index (χ0n) is 12.1. The summed E-state index contributed by atoms with van der Waals surface area (Å²) in [7, 11) is 1.64. The van der Waals surface area contributed by atoms with Crippen LogP contribution in [-0.4, -0.2) is 18.8 Å². The van der Waals surface area contributed by atoms with E-state index in [0.717, 1.165) is 28.2 Å². The molecule has 0 saturated carbocycles. The van der Waals surface area contributed by atoms with Crippen LogP contribution in [0.4, 0.5) is 0 Å². The molecule has 0 radical (unpaired) electrons. The molecule has 1 N–H and O–H groups in total. The van der Waals surface area contributed by atoms with E-state index in [2.05, 4.69) is 0 Å². The van der Waals surface area contributed by atoms with Gasteiger partial charge < -0.3 is 14.6 Å². The van der Waals surface area contributed by atoms with Crippen molar-refractivity contribution in [1.82, 2.24) is 0 Å². The molecule has 3 heteroatoms. The number of rotatable bonds is 5. The molecule has 0 aliphatic carbocycles. The Morgan fingerprint density at radius 3 is 2.55 bits per heavy atom. The van der Waals surface area contributed by atoms with Gasteiger partial charge >= 0.3 is 0 Å². The van der Waals surface area contributed by atoms with Crippen LogP contribution < -0.4 is 9.47 Å². The first kappa shape index (κ1) is 14.4. The van der Waals surface area contributed by atoms with Gasteiger partial charge in [0.15, 0.2) is 0 Å². The van der Waals surface area contributed by atoms with E-state index in [1.165, 1.54) is 0 Å². The second-order valence-corrected chi connectivity index (χ2v) is 4.63. The second kappa shape index (κ2) is 6.44. The van der Waals surface area contributed by atoms with E-state index in [1.807, 2.05) is 56.3 Å². The summed E-state index contributed by atoms with van der Waals surface area (Å²) in [6.45, 7) is 4.52. The van der Waals surface area contributed by atoms with E-state index in [9.17, 15) is 5.11 Å². The number of aliphatic hydroxyl groups is 1. The van der Waals surface area contributed by atoms with Crippen LogP contribution in [0.1, 0.15) is 29.7 Å². The maximum Gasteiger partial charge on any atom is 0.119 e. The number of aryl methyl sites for hydroxylation is 1. The minimum Gasteiger partial charge on any atom is -0.497 e. The lowest BCUT2D eigenvalue weighted by Gasteiger charge is -2.16. The van der Waals surface area contributed by atoms with Crippen LogP contribution in [0.15, 0.2) is 42.5 Å². The highest BCUT2D eigenvalue weighted by atomic mass is 16.5. The highest BCUT2D eigenvalue weighted by Gasteiger charge is 2.14. The fourth-order valence-electron chi connectivity index (χ4n) is 2.20. The number of benzene rings is 2. The molecule has 106 valence electrons. The van der Waals surface area contributed by atoms with E-state index in [0.29, 0.717) is 6.61 Å². The Bertz CT molecular complexity index is 578. The maximum atomic E-state index is 10.5. The summed E-state index contributed by atoms with van der Waals surface area (Å²) < 4.78 is 10.7. The Morgan fingerprint density at radius 2 is 1.90 bits per heavy atom. The highest BCUT2D eigenvalue weighted by molar-refractivity contribution is 5.41. The van der Waals surface area contributed by atoms with Gasteiger partial charge in [0, 0.05) is 0 Å². The number of hydrogen-bond acceptors (Lipinski definition) is 3. The molecule has 0 amide bonds. The summed E-state index contributed by atoms with van der Waals surface area (Å²) >= 11 is 0. The molecule has 0 aliphatic rings. The van der Waals surface area contributed by atoms with Crippen molar-refractivity contribution in [1.29, 1.82) is 0 Å². The molecule has 2 rings (SSSR count). The lowest BCUT2D eigenvalue weighted by Crippen LogP contribution is -2.03. The molecule has 0 aromatic heterocycles. The number of methoxy groups -OCH3 is 1. The van der Waals surface area contributed by atoms with E-state index >= 15 is 0 Å². The molecule has 0 fully saturated rings. The van der Waals surface area contributed by atoms with Crippen molar-refractivity contribution in [2.45, 2.75) is 20.0 Å². The first-order valence-electron chi connectivity index (χ1n) is 6.71. The molecule has 2 aromatic rings. The summed E-state index contributed by atoms with van der Waals surface area (Å²) in [5.41, 5.74) is 2.70. The average molecular weight is 272 g/mol. The monoisotopic (exact) mass is 272 g/mol. The van der Waals surface area contributed by atoms with Crippen molar-refractivity contribution in [3.8, 4) is 11.5 Å². The normalized spacial score (nSPS) is 12.0. The first-order chi connectivity index (χ1) is 9.65. The fourth-order valence-corrected chi connectivity index (χ4v) is 2.20. The first-order valence-corrected chi connectivity index (χ1v) is 6.71. The van der Waals surface area contributed by atoms with Crippen LogP contribution in [0, 0.1) is 6.92 Å². The summed E-state index contributed by atoms with van der Waals surface area (Å²) in [5, 5.41) is 10.5. The summed E-state index contributed by atoms with van der Waals surface area (Å²) in [6.07, 6.45) is -0.665. The summed E-state index contributed by atoms with van der Waals surface area (Å²) in [4.78, 5) is 0. The van der Waals surface area contributed by atoms with Gasteiger partial charge in [-0.15, -0.1) is 0 Å². The molecule has 0 bridgehead atoms. The molecule has 1 atom stereocenters. The van der Waals surface area contributed by atoms with Gasteiger partial charge in [0.25, 0.3) is 0 Å². The zero-order valence-corrected chi connectivity index (χ0v) is 12.1. The predicted molar refractivity (Wildman–Crippen MR) is 79.4 cm³/mol. The molecule has 1 unspecified atom stereocenters. The Kier molecular flexibility index (Phi) is 4.64. The van der Waals surface area contributed by atoms with Crippen LogP contribution in [0.3, 0.4) is 0 Å². The Labute approximate surface area is 119 Å². The Balaban J connectivity index is 2.30. The quantitative estimate of drug-likeness (QED) is 0.905. The molecular formula is C17H20O3. The van der Waals surface area contributed by atoms with Gasteiger partial charge in [-0.3, -0.25) is 0 Å². The fraction of sp³-hybridized carbons (Fsp3) is 0.294. The lowest BCUT2D eigenvalue weighted by atomic mass is 9.97. The van der Waals surface area contributed by atoms with Gasteiger partial charge in [0.05, 0.1) is 13.7 Å². The molecule has 0 spiro atoms. The van der Waals surface area contributed by atoms with Gasteiger partial charge in [-0.1, -0.05) is 18.2 Å². The molecule has 0 saturated heterocycles. The smallest absolute Gasteiger partial charge is 0.119 e. The van der Waals surface area contributed by atoms with Crippen molar-refractivity contribution in [2.24, 2.45) is 0 Å². The Hall–Kier alpha value is -2.00. The third-order valence-corrected chi connectivity index (χ3v) is 3.26. The van der Waals surface area contributed by atoms with E-state index < -0.39 is 6.10 Å². The molecule has 20 heavy (non-hydrogen) atoms. The van der Waals surface area contributed by atoms with E-state index in [1.54, 1.807) is 7.11 Å². The third-order valence-electron chi connectivity index (χ3n) is 3.26. The second-order valence-electron chi connectivity index (χ2n) is 4.63. The highest BCUT2D eigenvalue weighted by Crippen LogP contribution is 2.29. The van der Waals surface area contributed by atoms with E-state index in [-0.39, 0.29) is 0 Å². The van der Waals surface area contributed by atoms with Crippen LogP contribution in [0.5, 0.6) is 11.5 Å². The van der Waals surface area contributed by atoms with Crippen molar-refractivity contribution >= 4 is 0 Å². The topological polar surface area (TPSA) is 38.7 Å². The molecular weight excluding hydrogens is 252 g/mol. The molecule has 2 aromatic carbocycles. The summed E-state index contributed by atoms with van der Waals surface area (Å²) in [5.74, 6) is 1.57. The third kappa shape index (κ3) is 3.11. The molecule has 0 aliphatic heterocycles. The van der Waals surface area contributed by atoms with Crippen LogP contribution >= 0.6 is 0 Å². The molecule has 0 heterocycles. The molecule has 3 nitrogen and oxygen atoms in total. The van der Waals surface area contributed by atoms with Crippen molar-refractivity contribution in [3.05, 3.63) is 59.2 Å². The maximum absolute atomic E-state index is 10.5. The van der Waals surface area contributed by atoms with Gasteiger partial charge in [-0.05, 0) is 54.8 Å². The SMILES string of the molecule is CCOc1cccc(C(O)c2ccc(OC)cc2C)c1. The van der Waals surface area contributed by atoms with Crippen LogP contribution in [0.2, 0.25) is 0 Å². The van der Waals surface area contributed by atoms with Crippen molar-refractivity contribution < 1.29 is 14.6 Å².